The van der Waals surface area contributed by atoms with Crippen molar-refractivity contribution in [2.45, 2.75) is 17.9 Å². The lowest BCUT2D eigenvalue weighted by Crippen LogP contribution is -2.18. The lowest BCUT2D eigenvalue weighted by atomic mass is 10.2. The normalized spacial score (nSPS) is 12.3. The third-order valence-corrected chi connectivity index (χ3v) is 5.48. The molecule has 0 aliphatic carbocycles. The number of benzene rings is 2. The number of hydrogen-bond acceptors (Lipinski definition) is 6. The largest absolute Gasteiger partial charge is 0.497 e. The van der Waals surface area contributed by atoms with Gasteiger partial charge in [-0.05, 0) is 48.5 Å². The van der Waals surface area contributed by atoms with Crippen molar-refractivity contribution in [3.8, 4) is 11.4 Å². The number of hydrogen-bond donors (Lipinski definition) is 1. The molecular formula is C22H22N2O4S. The lowest BCUT2D eigenvalue weighted by molar-refractivity contribution is 0.0328. The van der Waals surface area contributed by atoms with E-state index in [2.05, 4.69) is 4.57 Å². The minimum atomic E-state index is -0.612. The van der Waals surface area contributed by atoms with Gasteiger partial charge in [-0.15, -0.1) is 0 Å². The molecule has 0 radical (unpaired) electrons. The Kier molecular flexibility index (Phi) is 6.19. The highest BCUT2D eigenvalue weighted by molar-refractivity contribution is 7.99. The average molecular weight is 410 g/mol. The Morgan fingerprint density at radius 3 is 2.69 bits per heavy atom. The van der Waals surface area contributed by atoms with Gasteiger partial charge in [0.1, 0.15) is 18.1 Å². The number of aromatic nitrogens is 2. The van der Waals surface area contributed by atoms with Crippen LogP contribution >= 0.6 is 11.8 Å². The molecule has 0 saturated heterocycles. The van der Waals surface area contributed by atoms with E-state index in [4.69, 9.17) is 18.9 Å². The Morgan fingerprint density at radius 2 is 1.93 bits per heavy atom. The van der Waals surface area contributed by atoms with Crippen LogP contribution in [0.2, 0.25) is 0 Å². The second-order valence-corrected chi connectivity index (χ2v) is 7.46. The Morgan fingerprint density at radius 1 is 1.10 bits per heavy atom. The maximum Gasteiger partial charge on any atom is 0.173 e. The van der Waals surface area contributed by atoms with Crippen LogP contribution < -0.4 is 4.74 Å². The number of furan rings is 1. The van der Waals surface area contributed by atoms with E-state index in [0.717, 1.165) is 33.4 Å². The SMILES string of the molecule is COc1ccc(-n2c(SCC(O)COCc3ccco3)nc3ccccc32)cc1. The van der Waals surface area contributed by atoms with Gasteiger partial charge in [-0.3, -0.25) is 4.57 Å². The minimum Gasteiger partial charge on any atom is -0.497 e. The van der Waals surface area contributed by atoms with Crippen LogP contribution in [0.25, 0.3) is 16.7 Å². The summed E-state index contributed by atoms with van der Waals surface area (Å²) in [6.45, 7) is 0.579. The molecule has 150 valence electrons. The number of thioether (sulfide) groups is 1. The topological polar surface area (TPSA) is 69.7 Å². The molecule has 0 aliphatic rings. The van der Waals surface area contributed by atoms with Gasteiger partial charge in [0.25, 0.3) is 0 Å². The van der Waals surface area contributed by atoms with E-state index in [9.17, 15) is 5.11 Å². The number of rotatable bonds is 9. The fourth-order valence-corrected chi connectivity index (χ4v) is 3.92. The van der Waals surface area contributed by atoms with Gasteiger partial charge in [0.2, 0.25) is 0 Å². The van der Waals surface area contributed by atoms with Crippen molar-refractivity contribution in [2.24, 2.45) is 0 Å². The molecule has 2 aromatic heterocycles. The molecule has 2 aromatic carbocycles. The summed E-state index contributed by atoms with van der Waals surface area (Å²) in [5.41, 5.74) is 2.92. The summed E-state index contributed by atoms with van der Waals surface area (Å²) in [7, 11) is 1.65. The zero-order valence-electron chi connectivity index (χ0n) is 16.0. The van der Waals surface area contributed by atoms with Gasteiger partial charge in [-0.2, -0.15) is 0 Å². The van der Waals surface area contributed by atoms with Gasteiger partial charge in [-0.25, -0.2) is 4.98 Å². The van der Waals surface area contributed by atoms with E-state index in [1.54, 1.807) is 13.4 Å². The summed E-state index contributed by atoms with van der Waals surface area (Å²) in [5, 5.41) is 11.1. The summed E-state index contributed by atoms with van der Waals surface area (Å²) < 4.78 is 18.1. The number of fused-ring (bicyclic) bond motifs is 1. The smallest absolute Gasteiger partial charge is 0.173 e. The highest BCUT2D eigenvalue weighted by Gasteiger charge is 2.15. The summed E-state index contributed by atoms with van der Waals surface area (Å²) >= 11 is 1.50. The van der Waals surface area contributed by atoms with Crippen molar-refractivity contribution in [1.29, 1.82) is 0 Å². The van der Waals surface area contributed by atoms with Gasteiger partial charge >= 0.3 is 0 Å². The summed E-state index contributed by atoms with van der Waals surface area (Å²) in [6.07, 6.45) is 0.994. The van der Waals surface area contributed by atoms with Gasteiger partial charge in [0, 0.05) is 11.4 Å². The van der Waals surface area contributed by atoms with Gasteiger partial charge in [0.05, 0.1) is 37.1 Å². The van der Waals surface area contributed by atoms with Crippen LogP contribution in [0.4, 0.5) is 0 Å². The summed E-state index contributed by atoms with van der Waals surface area (Å²) in [5.74, 6) is 2.01. The minimum absolute atomic E-state index is 0.233. The molecule has 2 heterocycles. The molecule has 0 aliphatic heterocycles. The van der Waals surface area contributed by atoms with Crippen molar-refractivity contribution in [2.75, 3.05) is 19.5 Å². The maximum atomic E-state index is 10.3. The van der Waals surface area contributed by atoms with Crippen LogP contribution in [-0.4, -0.2) is 40.2 Å². The van der Waals surface area contributed by atoms with E-state index >= 15 is 0 Å². The first-order valence-electron chi connectivity index (χ1n) is 9.27. The van der Waals surface area contributed by atoms with Crippen LogP contribution in [0.15, 0.2) is 76.5 Å². The Labute approximate surface area is 173 Å². The molecule has 0 spiro atoms. The summed E-state index contributed by atoms with van der Waals surface area (Å²) in [4.78, 5) is 4.75. The van der Waals surface area contributed by atoms with Crippen LogP contribution in [0, 0.1) is 0 Å². The predicted octanol–water partition coefficient (Wildman–Crippen LogP) is 4.30. The Balaban J connectivity index is 1.47. The maximum absolute atomic E-state index is 10.3. The molecule has 0 fully saturated rings. The second kappa shape index (κ2) is 9.17. The van der Waals surface area contributed by atoms with Crippen LogP contribution in [0.3, 0.4) is 0 Å². The molecule has 0 amide bonds. The second-order valence-electron chi connectivity index (χ2n) is 6.48. The molecule has 1 N–H and O–H groups in total. The van der Waals surface area contributed by atoms with Crippen molar-refractivity contribution >= 4 is 22.8 Å². The van der Waals surface area contributed by atoms with E-state index in [1.807, 2.05) is 60.7 Å². The van der Waals surface area contributed by atoms with E-state index in [0.29, 0.717) is 12.4 Å². The van der Waals surface area contributed by atoms with Gasteiger partial charge in [0.15, 0.2) is 5.16 Å². The van der Waals surface area contributed by atoms with Gasteiger partial charge in [-0.1, -0.05) is 23.9 Å². The Bertz CT molecular complexity index is 1040. The molecular weight excluding hydrogens is 388 g/mol. The molecule has 1 unspecified atom stereocenters. The molecule has 6 nitrogen and oxygen atoms in total. The van der Waals surface area contributed by atoms with Crippen molar-refractivity contribution in [1.82, 2.24) is 9.55 Å². The highest BCUT2D eigenvalue weighted by atomic mass is 32.2. The fourth-order valence-electron chi connectivity index (χ4n) is 2.99. The number of para-hydroxylation sites is 2. The lowest BCUT2D eigenvalue weighted by Gasteiger charge is -2.12. The average Bonchev–Trinajstić information content (AvgIpc) is 3.40. The molecule has 0 bridgehead atoms. The number of imidazole rings is 1. The van der Waals surface area contributed by atoms with Crippen LogP contribution in [-0.2, 0) is 11.3 Å². The first-order valence-corrected chi connectivity index (χ1v) is 10.3. The molecule has 4 rings (SSSR count). The van der Waals surface area contributed by atoms with E-state index in [-0.39, 0.29) is 6.61 Å². The predicted molar refractivity (Wildman–Crippen MR) is 113 cm³/mol. The number of ether oxygens (including phenoxy) is 2. The molecule has 1 atom stereocenters. The summed E-state index contributed by atoms with van der Waals surface area (Å²) in [6, 6.07) is 19.5. The van der Waals surface area contributed by atoms with Gasteiger partial charge < -0.3 is 19.0 Å². The third-order valence-electron chi connectivity index (χ3n) is 4.40. The van der Waals surface area contributed by atoms with Crippen molar-refractivity contribution in [3.05, 3.63) is 72.7 Å². The van der Waals surface area contributed by atoms with Crippen molar-refractivity contribution < 1.29 is 19.0 Å². The van der Waals surface area contributed by atoms with E-state index in [1.165, 1.54) is 11.8 Å². The van der Waals surface area contributed by atoms with Crippen LogP contribution in [0.1, 0.15) is 5.76 Å². The monoisotopic (exact) mass is 410 g/mol. The molecule has 29 heavy (non-hydrogen) atoms. The van der Waals surface area contributed by atoms with Crippen molar-refractivity contribution in [3.63, 3.8) is 0 Å². The first-order chi connectivity index (χ1) is 14.2. The molecule has 4 aromatic rings. The quantitative estimate of drug-likeness (QED) is 0.415. The first kappa shape index (κ1) is 19.6. The van der Waals surface area contributed by atoms with E-state index < -0.39 is 6.10 Å². The zero-order valence-corrected chi connectivity index (χ0v) is 16.8. The molecule has 0 saturated carbocycles. The number of methoxy groups -OCH3 is 1. The van der Waals surface area contributed by atoms with Crippen LogP contribution in [0.5, 0.6) is 5.75 Å². The molecule has 7 heteroatoms. The highest BCUT2D eigenvalue weighted by Crippen LogP contribution is 2.29. The fraction of sp³-hybridized carbons (Fsp3) is 0.227. The number of aliphatic hydroxyl groups is 1. The standard InChI is InChI=1S/C22H22N2O4S/c1-26-18-10-8-16(9-11-18)24-21-7-3-2-6-20(21)23-22(24)29-15-17(25)13-27-14-19-5-4-12-28-19/h2-12,17,25H,13-15H2,1H3. The number of aliphatic hydroxyl groups excluding tert-OH is 1. The number of nitrogens with zero attached hydrogens (tertiary/aromatic N) is 2. The zero-order chi connectivity index (χ0) is 20.1. The Hall–Kier alpha value is -2.74. The third kappa shape index (κ3) is 4.64.